The molecular formula is C12H21N3O2S. The maximum absolute atomic E-state index is 12.3. The third-order valence-electron chi connectivity index (χ3n) is 2.78. The Bertz CT molecular complexity index is 488. The second-order valence-electron chi connectivity index (χ2n) is 4.28. The Morgan fingerprint density at radius 1 is 1.28 bits per heavy atom. The minimum absolute atomic E-state index is 0.426. The van der Waals surface area contributed by atoms with Gasteiger partial charge in [0.25, 0.3) is 0 Å². The van der Waals surface area contributed by atoms with E-state index >= 15 is 0 Å². The SMILES string of the molecule is Cc1cccc(N(C)S(=O)(=O)N(C)CCCN)c1. The number of benzene rings is 1. The highest BCUT2D eigenvalue weighted by atomic mass is 32.2. The lowest BCUT2D eigenvalue weighted by atomic mass is 10.2. The Labute approximate surface area is 109 Å². The van der Waals surface area contributed by atoms with E-state index in [1.54, 1.807) is 20.2 Å². The van der Waals surface area contributed by atoms with Crippen LogP contribution >= 0.6 is 0 Å². The molecule has 5 nitrogen and oxygen atoms in total. The average molecular weight is 271 g/mol. The van der Waals surface area contributed by atoms with Gasteiger partial charge >= 0.3 is 10.2 Å². The van der Waals surface area contributed by atoms with E-state index in [0.717, 1.165) is 5.56 Å². The van der Waals surface area contributed by atoms with E-state index in [9.17, 15) is 8.42 Å². The van der Waals surface area contributed by atoms with Crippen molar-refractivity contribution in [2.75, 3.05) is 31.5 Å². The maximum atomic E-state index is 12.3. The van der Waals surface area contributed by atoms with Gasteiger partial charge in [0.15, 0.2) is 0 Å². The molecule has 18 heavy (non-hydrogen) atoms. The summed E-state index contributed by atoms with van der Waals surface area (Å²) >= 11 is 0. The van der Waals surface area contributed by atoms with Crippen molar-refractivity contribution in [3.05, 3.63) is 29.8 Å². The van der Waals surface area contributed by atoms with Gasteiger partial charge in [-0.25, -0.2) is 0 Å². The molecule has 0 radical (unpaired) electrons. The van der Waals surface area contributed by atoms with Gasteiger partial charge in [0, 0.05) is 20.6 Å². The molecule has 0 heterocycles. The highest BCUT2D eigenvalue weighted by Gasteiger charge is 2.23. The molecule has 0 unspecified atom stereocenters. The number of nitrogens with two attached hydrogens (primary N) is 1. The van der Waals surface area contributed by atoms with E-state index in [0.29, 0.717) is 25.2 Å². The van der Waals surface area contributed by atoms with Crippen molar-refractivity contribution in [2.24, 2.45) is 5.73 Å². The Morgan fingerprint density at radius 3 is 2.50 bits per heavy atom. The zero-order valence-corrected chi connectivity index (χ0v) is 11.9. The van der Waals surface area contributed by atoms with E-state index in [1.807, 2.05) is 25.1 Å². The van der Waals surface area contributed by atoms with Crippen LogP contribution < -0.4 is 10.0 Å². The van der Waals surface area contributed by atoms with Crippen molar-refractivity contribution in [3.8, 4) is 0 Å². The van der Waals surface area contributed by atoms with Gasteiger partial charge < -0.3 is 5.73 Å². The van der Waals surface area contributed by atoms with Crippen molar-refractivity contribution in [1.29, 1.82) is 0 Å². The fourth-order valence-electron chi connectivity index (χ4n) is 1.60. The Balaban J connectivity index is 2.91. The minimum Gasteiger partial charge on any atom is -0.330 e. The smallest absolute Gasteiger partial charge is 0.303 e. The number of anilines is 1. The van der Waals surface area contributed by atoms with Crippen molar-refractivity contribution < 1.29 is 8.42 Å². The molecule has 0 saturated carbocycles. The number of nitrogens with zero attached hydrogens (tertiary/aromatic N) is 2. The maximum Gasteiger partial charge on any atom is 0.303 e. The van der Waals surface area contributed by atoms with Crippen LogP contribution in [-0.4, -0.2) is 39.9 Å². The van der Waals surface area contributed by atoms with Crippen LogP contribution in [0, 0.1) is 6.92 Å². The standard InChI is InChI=1S/C12H21N3O2S/c1-11-6-4-7-12(10-11)15(3)18(16,17)14(2)9-5-8-13/h4,6-7,10H,5,8-9,13H2,1-3H3. The van der Waals surface area contributed by atoms with E-state index in [2.05, 4.69) is 0 Å². The molecule has 1 rings (SSSR count). The monoisotopic (exact) mass is 271 g/mol. The average Bonchev–Trinajstić information content (AvgIpc) is 2.34. The molecule has 0 aliphatic rings. The highest BCUT2D eigenvalue weighted by molar-refractivity contribution is 7.90. The molecule has 0 bridgehead atoms. The van der Waals surface area contributed by atoms with E-state index < -0.39 is 10.2 Å². The summed E-state index contributed by atoms with van der Waals surface area (Å²) in [7, 11) is -0.345. The summed E-state index contributed by atoms with van der Waals surface area (Å²) in [6.07, 6.45) is 0.650. The number of hydrogen-bond donors (Lipinski definition) is 1. The fourth-order valence-corrected chi connectivity index (χ4v) is 2.75. The van der Waals surface area contributed by atoms with Crippen molar-refractivity contribution >= 4 is 15.9 Å². The number of rotatable bonds is 6. The lowest BCUT2D eigenvalue weighted by molar-refractivity contribution is 0.462. The third kappa shape index (κ3) is 3.44. The molecule has 0 aliphatic heterocycles. The van der Waals surface area contributed by atoms with Gasteiger partial charge in [0.2, 0.25) is 0 Å². The summed E-state index contributed by atoms with van der Waals surface area (Å²) in [4.78, 5) is 0. The lowest BCUT2D eigenvalue weighted by Gasteiger charge is -2.26. The summed E-state index contributed by atoms with van der Waals surface area (Å²) in [6.45, 7) is 2.84. The Hall–Kier alpha value is -1.11. The van der Waals surface area contributed by atoms with Crippen LogP contribution in [0.1, 0.15) is 12.0 Å². The second-order valence-corrected chi connectivity index (χ2v) is 6.34. The number of aryl methyl sites for hydroxylation is 1. The molecule has 0 aromatic heterocycles. The lowest BCUT2D eigenvalue weighted by Crippen LogP contribution is -2.40. The van der Waals surface area contributed by atoms with Gasteiger partial charge in [-0.15, -0.1) is 0 Å². The van der Waals surface area contributed by atoms with E-state index in [-0.39, 0.29) is 0 Å². The van der Waals surface area contributed by atoms with Crippen LogP contribution in [0.5, 0.6) is 0 Å². The number of hydrogen-bond acceptors (Lipinski definition) is 3. The molecule has 1 aromatic carbocycles. The highest BCUT2D eigenvalue weighted by Crippen LogP contribution is 2.19. The van der Waals surface area contributed by atoms with Gasteiger partial charge in [0.1, 0.15) is 0 Å². The molecule has 0 spiro atoms. The predicted molar refractivity (Wildman–Crippen MR) is 74.8 cm³/mol. The van der Waals surface area contributed by atoms with Crippen LogP contribution in [0.15, 0.2) is 24.3 Å². The normalized spacial score (nSPS) is 11.8. The largest absolute Gasteiger partial charge is 0.330 e. The first-order valence-corrected chi connectivity index (χ1v) is 7.26. The van der Waals surface area contributed by atoms with E-state index in [1.165, 1.54) is 8.61 Å². The zero-order valence-electron chi connectivity index (χ0n) is 11.1. The first kappa shape index (κ1) is 14.9. The molecular weight excluding hydrogens is 250 g/mol. The van der Waals surface area contributed by atoms with Crippen LogP contribution in [0.4, 0.5) is 5.69 Å². The summed E-state index contributed by atoms with van der Waals surface area (Å²) < 4.78 is 27.1. The Kier molecular flexibility index (Phi) is 5.13. The molecule has 102 valence electrons. The minimum atomic E-state index is -3.47. The van der Waals surface area contributed by atoms with Crippen LogP contribution in [0.3, 0.4) is 0 Å². The van der Waals surface area contributed by atoms with Crippen LogP contribution in [-0.2, 0) is 10.2 Å². The van der Waals surface area contributed by atoms with Crippen molar-refractivity contribution in [2.45, 2.75) is 13.3 Å². The Morgan fingerprint density at radius 2 is 1.94 bits per heavy atom. The predicted octanol–water partition coefficient (Wildman–Crippen LogP) is 0.957. The molecule has 0 saturated heterocycles. The van der Waals surface area contributed by atoms with Gasteiger partial charge in [-0.1, -0.05) is 12.1 Å². The van der Waals surface area contributed by atoms with Crippen LogP contribution in [0.25, 0.3) is 0 Å². The summed E-state index contributed by atoms with van der Waals surface area (Å²) in [5.74, 6) is 0. The summed E-state index contributed by atoms with van der Waals surface area (Å²) in [5, 5.41) is 0. The van der Waals surface area contributed by atoms with Gasteiger partial charge in [-0.05, 0) is 37.6 Å². The topological polar surface area (TPSA) is 66.6 Å². The molecule has 0 aliphatic carbocycles. The molecule has 0 amide bonds. The molecule has 6 heteroatoms. The molecule has 1 aromatic rings. The van der Waals surface area contributed by atoms with E-state index in [4.69, 9.17) is 5.73 Å². The molecule has 0 atom stereocenters. The van der Waals surface area contributed by atoms with Crippen LogP contribution in [0.2, 0.25) is 0 Å². The van der Waals surface area contributed by atoms with Gasteiger partial charge in [-0.3, -0.25) is 4.31 Å². The zero-order chi connectivity index (χ0) is 13.8. The first-order chi connectivity index (χ1) is 8.39. The fraction of sp³-hybridized carbons (Fsp3) is 0.500. The first-order valence-electron chi connectivity index (χ1n) is 5.86. The quantitative estimate of drug-likeness (QED) is 0.838. The summed E-state index contributed by atoms with van der Waals surface area (Å²) in [6, 6.07) is 7.40. The van der Waals surface area contributed by atoms with Crippen molar-refractivity contribution in [3.63, 3.8) is 0 Å². The third-order valence-corrected chi connectivity index (χ3v) is 4.66. The summed E-state index contributed by atoms with van der Waals surface area (Å²) in [5.41, 5.74) is 7.08. The van der Waals surface area contributed by atoms with Gasteiger partial charge in [-0.2, -0.15) is 12.7 Å². The van der Waals surface area contributed by atoms with Crippen molar-refractivity contribution in [1.82, 2.24) is 4.31 Å². The van der Waals surface area contributed by atoms with Gasteiger partial charge in [0.05, 0.1) is 5.69 Å². The molecule has 2 N–H and O–H groups in total. The molecule has 0 fully saturated rings. The second kappa shape index (κ2) is 6.17.